The molecule has 2 aromatic carbocycles. The maximum absolute atomic E-state index is 12.8. The van der Waals surface area contributed by atoms with Crippen LogP contribution in [0.3, 0.4) is 0 Å². The molecule has 26 heavy (non-hydrogen) atoms. The molecule has 0 radical (unpaired) electrons. The summed E-state index contributed by atoms with van der Waals surface area (Å²) in [6.45, 7) is 1.79. The zero-order chi connectivity index (χ0) is 18.8. The lowest BCUT2D eigenvalue weighted by molar-refractivity contribution is -0.114. The van der Waals surface area contributed by atoms with E-state index < -0.39 is 0 Å². The molecule has 0 atom stereocenters. The molecule has 1 aliphatic rings. The Balaban J connectivity index is 2.00. The molecule has 0 N–H and O–H groups in total. The van der Waals surface area contributed by atoms with Crippen LogP contribution in [0.5, 0.6) is 11.5 Å². The van der Waals surface area contributed by atoms with E-state index in [1.54, 1.807) is 63.6 Å². The fourth-order valence-corrected chi connectivity index (χ4v) is 3.22. The van der Waals surface area contributed by atoms with Crippen LogP contribution < -0.4 is 14.5 Å². The van der Waals surface area contributed by atoms with Crippen molar-refractivity contribution in [2.24, 2.45) is 5.10 Å². The van der Waals surface area contributed by atoms with Gasteiger partial charge in [-0.15, -0.1) is 0 Å². The molecule has 0 fully saturated rings. The van der Waals surface area contributed by atoms with Crippen molar-refractivity contribution >= 4 is 50.9 Å². The number of ether oxygens (including phenoxy) is 2. The Morgan fingerprint density at radius 2 is 1.85 bits per heavy atom. The molecule has 1 heterocycles. The first kappa shape index (κ1) is 18.5. The van der Waals surface area contributed by atoms with Gasteiger partial charge in [0.05, 0.1) is 31.2 Å². The van der Waals surface area contributed by atoms with Crippen LogP contribution in [-0.2, 0) is 4.79 Å². The minimum absolute atomic E-state index is 0.216. The Bertz CT molecular complexity index is 940. The highest BCUT2D eigenvalue weighted by atomic mass is 79.9. The molecule has 0 aromatic heterocycles. The molecule has 0 bridgehead atoms. The summed E-state index contributed by atoms with van der Waals surface area (Å²) in [5, 5.41) is 6.26. The van der Waals surface area contributed by atoms with Gasteiger partial charge in [-0.1, -0.05) is 33.6 Å². The number of hydrazone groups is 1. The third-order valence-electron chi connectivity index (χ3n) is 3.92. The number of rotatable bonds is 4. The van der Waals surface area contributed by atoms with Crippen molar-refractivity contribution in [1.82, 2.24) is 0 Å². The van der Waals surface area contributed by atoms with Crippen molar-refractivity contribution in [2.75, 3.05) is 19.2 Å². The smallest absolute Gasteiger partial charge is 0.280 e. The number of anilines is 1. The summed E-state index contributed by atoms with van der Waals surface area (Å²) in [4.78, 5) is 12.8. The van der Waals surface area contributed by atoms with Crippen LogP contribution in [0.15, 0.2) is 51.5 Å². The normalized spacial score (nSPS) is 15.4. The number of hydrogen-bond acceptors (Lipinski definition) is 4. The average molecular weight is 436 g/mol. The van der Waals surface area contributed by atoms with E-state index in [0.717, 1.165) is 10.0 Å². The lowest BCUT2D eigenvalue weighted by Crippen LogP contribution is -2.21. The van der Waals surface area contributed by atoms with Crippen LogP contribution in [-0.4, -0.2) is 25.8 Å². The predicted octanol–water partition coefficient (Wildman–Crippen LogP) is 4.93. The Labute approximate surface area is 165 Å². The fourth-order valence-electron chi connectivity index (χ4n) is 2.60. The molecule has 1 amide bonds. The molecule has 0 saturated carbocycles. The Kier molecular flexibility index (Phi) is 5.34. The van der Waals surface area contributed by atoms with E-state index in [1.807, 2.05) is 0 Å². The van der Waals surface area contributed by atoms with E-state index in [1.165, 1.54) is 5.01 Å². The lowest BCUT2D eigenvalue weighted by atomic mass is 10.1. The van der Waals surface area contributed by atoms with Crippen LogP contribution in [0.2, 0.25) is 5.02 Å². The van der Waals surface area contributed by atoms with Gasteiger partial charge in [-0.05, 0) is 48.9 Å². The van der Waals surface area contributed by atoms with Crippen LogP contribution in [0.4, 0.5) is 5.69 Å². The highest BCUT2D eigenvalue weighted by Crippen LogP contribution is 2.35. The summed E-state index contributed by atoms with van der Waals surface area (Å²) in [5.41, 5.74) is 2.53. The van der Waals surface area contributed by atoms with Crippen LogP contribution in [0.25, 0.3) is 6.08 Å². The molecular weight excluding hydrogens is 420 g/mol. The number of halogens is 2. The molecule has 0 spiro atoms. The Morgan fingerprint density at radius 3 is 2.50 bits per heavy atom. The molecule has 0 saturated heterocycles. The zero-order valence-corrected chi connectivity index (χ0v) is 16.8. The third kappa shape index (κ3) is 3.48. The van der Waals surface area contributed by atoms with Gasteiger partial charge in [0.15, 0.2) is 11.5 Å². The van der Waals surface area contributed by atoms with Gasteiger partial charge < -0.3 is 9.47 Å². The van der Waals surface area contributed by atoms with E-state index in [0.29, 0.717) is 33.5 Å². The van der Waals surface area contributed by atoms with Crippen LogP contribution in [0, 0.1) is 0 Å². The third-order valence-corrected chi connectivity index (χ3v) is 4.84. The summed E-state index contributed by atoms with van der Waals surface area (Å²) < 4.78 is 11.4. The SMILES string of the molecule is COc1cc(Br)c(/C=C2\C(=O)N(c3cccc(Cl)c3)N=C2C)cc1OC. The van der Waals surface area contributed by atoms with Gasteiger partial charge in [0.2, 0.25) is 0 Å². The van der Waals surface area contributed by atoms with Crippen molar-refractivity contribution in [3.63, 3.8) is 0 Å². The van der Waals surface area contributed by atoms with Gasteiger partial charge in [-0.25, -0.2) is 0 Å². The first-order valence-electron chi connectivity index (χ1n) is 7.73. The molecule has 134 valence electrons. The van der Waals surface area contributed by atoms with Gasteiger partial charge >= 0.3 is 0 Å². The van der Waals surface area contributed by atoms with Crippen molar-refractivity contribution < 1.29 is 14.3 Å². The first-order valence-corrected chi connectivity index (χ1v) is 8.90. The summed E-state index contributed by atoms with van der Waals surface area (Å²) in [5.74, 6) is 0.964. The van der Waals surface area contributed by atoms with E-state index >= 15 is 0 Å². The van der Waals surface area contributed by atoms with Gasteiger partial charge in [0, 0.05) is 9.50 Å². The summed E-state index contributed by atoms with van der Waals surface area (Å²) >= 11 is 9.53. The molecular formula is C19H16BrClN2O3. The largest absolute Gasteiger partial charge is 0.493 e. The molecule has 5 nitrogen and oxygen atoms in total. The van der Waals surface area contributed by atoms with E-state index in [4.69, 9.17) is 21.1 Å². The minimum atomic E-state index is -0.216. The number of hydrogen-bond donors (Lipinski definition) is 0. The van der Waals surface area contributed by atoms with Gasteiger partial charge in [-0.2, -0.15) is 10.1 Å². The fraction of sp³-hybridized carbons (Fsp3) is 0.158. The summed E-state index contributed by atoms with van der Waals surface area (Å²) in [7, 11) is 3.14. The number of amides is 1. The maximum Gasteiger partial charge on any atom is 0.280 e. The molecule has 1 aliphatic heterocycles. The standard InChI is InChI=1S/C19H16BrClN2O3/c1-11-15(7-12-8-17(25-2)18(26-3)10-16(12)20)19(24)23(22-11)14-6-4-5-13(21)9-14/h4-10H,1-3H3/b15-7-. The maximum atomic E-state index is 12.8. The van der Waals surface area contributed by atoms with Gasteiger partial charge in [0.25, 0.3) is 5.91 Å². The number of nitrogens with zero attached hydrogens (tertiary/aromatic N) is 2. The second kappa shape index (κ2) is 7.51. The highest BCUT2D eigenvalue weighted by molar-refractivity contribution is 9.10. The zero-order valence-electron chi connectivity index (χ0n) is 14.4. The molecule has 0 unspecified atom stereocenters. The Hall–Kier alpha value is -2.31. The van der Waals surface area contributed by atoms with Crippen molar-refractivity contribution in [3.05, 3.63) is 57.0 Å². The summed E-state index contributed by atoms with van der Waals surface area (Å²) in [6.07, 6.45) is 1.78. The minimum Gasteiger partial charge on any atom is -0.493 e. The second-order valence-corrected chi connectivity index (χ2v) is 6.86. The molecule has 7 heteroatoms. The molecule has 2 aromatic rings. The molecule has 3 rings (SSSR count). The molecule has 0 aliphatic carbocycles. The van der Waals surface area contributed by atoms with Crippen molar-refractivity contribution in [2.45, 2.75) is 6.92 Å². The topological polar surface area (TPSA) is 51.1 Å². The van der Waals surface area contributed by atoms with E-state index in [9.17, 15) is 4.79 Å². The lowest BCUT2D eigenvalue weighted by Gasteiger charge is -2.12. The number of benzene rings is 2. The number of methoxy groups -OCH3 is 2. The predicted molar refractivity (Wildman–Crippen MR) is 107 cm³/mol. The number of carbonyl (C=O) groups excluding carboxylic acids is 1. The van der Waals surface area contributed by atoms with Gasteiger partial charge in [-0.3, -0.25) is 4.79 Å². The monoisotopic (exact) mass is 434 g/mol. The second-order valence-electron chi connectivity index (χ2n) is 5.57. The Morgan fingerprint density at radius 1 is 1.15 bits per heavy atom. The van der Waals surface area contributed by atoms with Crippen LogP contribution in [0.1, 0.15) is 12.5 Å². The summed E-state index contributed by atoms with van der Waals surface area (Å²) in [6, 6.07) is 10.6. The van der Waals surface area contributed by atoms with E-state index in [-0.39, 0.29) is 5.91 Å². The van der Waals surface area contributed by atoms with Crippen molar-refractivity contribution in [3.8, 4) is 11.5 Å². The van der Waals surface area contributed by atoms with E-state index in [2.05, 4.69) is 21.0 Å². The van der Waals surface area contributed by atoms with Crippen molar-refractivity contribution in [1.29, 1.82) is 0 Å². The van der Waals surface area contributed by atoms with Crippen LogP contribution >= 0.6 is 27.5 Å². The first-order chi connectivity index (χ1) is 12.4. The average Bonchev–Trinajstić information content (AvgIpc) is 2.91. The quantitative estimate of drug-likeness (QED) is 0.640. The highest BCUT2D eigenvalue weighted by Gasteiger charge is 2.29. The number of carbonyl (C=O) groups is 1. The van der Waals surface area contributed by atoms with Gasteiger partial charge in [0.1, 0.15) is 0 Å².